The van der Waals surface area contributed by atoms with Crippen molar-refractivity contribution in [1.82, 2.24) is 10.0 Å². The molecule has 0 spiro atoms. The molecule has 0 saturated carbocycles. The first kappa shape index (κ1) is 18.1. The van der Waals surface area contributed by atoms with Gasteiger partial charge in [0.2, 0.25) is 21.8 Å². The first-order valence-corrected chi connectivity index (χ1v) is 8.30. The van der Waals surface area contributed by atoms with E-state index in [2.05, 4.69) is 10.0 Å². The number of benzene rings is 1. The van der Waals surface area contributed by atoms with Crippen molar-refractivity contribution in [3.05, 3.63) is 30.3 Å². The van der Waals surface area contributed by atoms with Crippen LogP contribution in [0.15, 0.2) is 35.2 Å². The highest BCUT2D eigenvalue weighted by Crippen LogP contribution is 2.11. The van der Waals surface area contributed by atoms with Crippen LogP contribution in [0.5, 0.6) is 0 Å². The van der Waals surface area contributed by atoms with Gasteiger partial charge in [0.1, 0.15) is 12.1 Å². The van der Waals surface area contributed by atoms with Gasteiger partial charge in [-0.2, -0.15) is 4.72 Å². The van der Waals surface area contributed by atoms with E-state index in [4.69, 9.17) is 5.73 Å². The van der Waals surface area contributed by atoms with Crippen molar-refractivity contribution in [3.8, 4) is 0 Å². The van der Waals surface area contributed by atoms with Gasteiger partial charge in [0.15, 0.2) is 0 Å². The molecule has 4 N–H and O–H groups in total. The van der Waals surface area contributed by atoms with Gasteiger partial charge in [-0.3, -0.25) is 9.59 Å². The van der Waals surface area contributed by atoms with Gasteiger partial charge in [0, 0.05) is 0 Å². The summed E-state index contributed by atoms with van der Waals surface area (Å²) >= 11 is 0. The highest BCUT2D eigenvalue weighted by atomic mass is 32.2. The fraction of sp³-hybridized carbons (Fsp3) is 0.429. The van der Waals surface area contributed by atoms with E-state index in [0.29, 0.717) is 0 Å². The number of primary amides is 1. The minimum Gasteiger partial charge on any atom is -0.368 e. The number of amides is 2. The maximum Gasteiger partial charge on any atom is 0.241 e. The molecule has 0 aromatic heterocycles. The van der Waals surface area contributed by atoms with Crippen molar-refractivity contribution in [2.24, 2.45) is 11.7 Å². The molecular formula is C14H21N3O4S. The molecular weight excluding hydrogens is 306 g/mol. The molecule has 0 fully saturated rings. The zero-order valence-electron chi connectivity index (χ0n) is 12.7. The molecule has 2 atom stereocenters. The van der Waals surface area contributed by atoms with Crippen molar-refractivity contribution in [1.29, 1.82) is 0 Å². The maximum atomic E-state index is 12.3. The van der Waals surface area contributed by atoms with Crippen LogP contribution in [0.2, 0.25) is 0 Å². The third-order valence-electron chi connectivity index (χ3n) is 3.07. The van der Waals surface area contributed by atoms with E-state index in [1.807, 2.05) is 0 Å². The largest absolute Gasteiger partial charge is 0.368 e. The van der Waals surface area contributed by atoms with Crippen LogP contribution in [0.1, 0.15) is 20.8 Å². The summed E-state index contributed by atoms with van der Waals surface area (Å²) in [5.74, 6) is -1.60. The molecule has 8 heteroatoms. The molecule has 1 aromatic carbocycles. The summed E-state index contributed by atoms with van der Waals surface area (Å²) in [6.07, 6.45) is 0. The number of hydrogen-bond donors (Lipinski definition) is 3. The monoisotopic (exact) mass is 327 g/mol. The Morgan fingerprint density at radius 1 is 1.09 bits per heavy atom. The van der Waals surface area contributed by atoms with Crippen LogP contribution in [-0.2, 0) is 19.6 Å². The molecule has 0 aliphatic rings. The first-order chi connectivity index (χ1) is 10.1. The van der Waals surface area contributed by atoms with Gasteiger partial charge in [0.25, 0.3) is 0 Å². The van der Waals surface area contributed by atoms with Crippen molar-refractivity contribution < 1.29 is 18.0 Å². The lowest BCUT2D eigenvalue weighted by molar-refractivity contribution is -0.128. The molecule has 2 amide bonds. The van der Waals surface area contributed by atoms with E-state index in [1.54, 1.807) is 32.0 Å². The number of carbonyl (C=O) groups excluding carboxylic acids is 2. The van der Waals surface area contributed by atoms with Crippen LogP contribution in [0.4, 0.5) is 0 Å². The molecule has 2 unspecified atom stereocenters. The molecule has 1 aromatic rings. The summed E-state index contributed by atoms with van der Waals surface area (Å²) in [5, 5.41) is 2.39. The maximum absolute atomic E-state index is 12.3. The minimum absolute atomic E-state index is 0.0661. The molecule has 1 rings (SSSR count). The van der Waals surface area contributed by atoms with Crippen LogP contribution in [-0.4, -0.2) is 32.3 Å². The van der Waals surface area contributed by atoms with E-state index < -0.39 is 33.9 Å². The molecule has 122 valence electrons. The van der Waals surface area contributed by atoms with Crippen molar-refractivity contribution in [2.45, 2.75) is 37.8 Å². The molecule has 22 heavy (non-hydrogen) atoms. The lowest BCUT2D eigenvalue weighted by Crippen LogP contribution is -2.53. The number of rotatable bonds is 7. The minimum atomic E-state index is -3.83. The third kappa shape index (κ3) is 4.81. The second-order valence-electron chi connectivity index (χ2n) is 5.29. The number of hydrogen-bond acceptors (Lipinski definition) is 4. The summed E-state index contributed by atoms with van der Waals surface area (Å²) in [7, 11) is -3.83. The molecule has 0 aliphatic carbocycles. The average molecular weight is 327 g/mol. The molecule has 7 nitrogen and oxygen atoms in total. The standard InChI is InChI=1S/C14H21N3O4S/c1-9(2)12(14(19)16-10(3)13(15)18)17-22(20,21)11-7-5-4-6-8-11/h4-10,12,17H,1-3H3,(H2,15,18)(H,16,19). The molecule has 0 saturated heterocycles. The van der Waals surface area contributed by atoms with Crippen LogP contribution in [0, 0.1) is 5.92 Å². The van der Waals surface area contributed by atoms with Crippen LogP contribution >= 0.6 is 0 Å². The van der Waals surface area contributed by atoms with Gasteiger partial charge in [-0.1, -0.05) is 32.0 Å². The van der Waals surface area contributed by atoms with E-state index in [1.165, 1.54) is 19.1 Å². The Balaban J connectivity index is 2.93. The summed E-state index contributed by atoms with van der Waals surface area (Å²) < 4.78 is 26.9. The van der Waals surface area contributed by atoms with Gasteiger partial charge in [0.05, 0.1) is 4.90 Å². The van der Waals surface area contributed by atoms with Crippen molar-refractivity contribution in [3.63, 3.8) is 0 Å². The highest BCUT2D eigenvalue weighted by molar-refractivity contribution is 7.89. The Kier molecular flexibility index (Phi) is 6.07. The van der Waals surface area contributed by atoms with Crippen LogP contribution < -0.4 is 15.8 Å². The van der Waals surface area contributed by atoms with Gasteiger partial charge in [-0.05, 0) is 25.0 Å². The first-order valence-electron chi connectivity index (χ1n) is 6.82. The lowest BCUT2D eigenvalue weighted by atomic mass is 10.0. The Morgan fingerprint density at radius 2 is 1.64 bits per heavy atom. The quantitative estimate of drug-likeness (QED) is 0.652. The third-order valence-corrected chi connectivity index (χ3v) is 4.53. The fourth-order valence-corrected chi connectivity index (χ4v) is 3.07. The highest BCUT2D eigenvalue weighted by Gasteiger charge is 2.29. The van der Waals surface area contributed by atoms with Crippen molar-refractivity contribution in [2.75, 3.05) is 0 Å². The second-order valence-corrected chi connectivity index (χ2v) is 7.00. The van der Waals surface area contributed by atoms with E-state index >= 15 is 0 Å². The number of sulfonamides is 1. The van der Waals surface area contributed by atoms with Gasteiger partial charge < -0.3 is 11.1 Å². The Bertz CT molecular complexity index is 629. The van der Waals surface area contributed by atoms with E-state index in [9.17, 15) is 18.0 Å². The van der Waals surface area contributed by atoms with Gasteiger partial charge in [-0.25, -0.2) is 8.42 Å². The van der Waals surface area contributed by atoms with Crippen LogP contribution in [0.25, 0.3) is 0 Å². The average Bonchev–Trinajstić information content (AvgIpc) is 2.45. The fourth-order valence-electron chi connectivity index (χ4n) is 1.70. The Hall–Kier alpha value is -1.93. The number of nitrogens with two attached hydrogens (primary N) is 1. The number of carbonyl (C=O) groups is 2. The SMILES string of the molecule is CC(NC(=O)C(NS(=O)(=O)c1ccccc1)C(C)C)C(N)=O. The van der Waals surface area contributed by atoms with Gasteiger partial charge in [-0.15, -0.1) is 0 Å². The van der Waals surface area contributed by atoms with Crippen LogP contribution in [0.3, 0.4) is 0 Å². The predicted molar refractivity (Wildman–Crippen MR) is 82.2 cm³/mol. The summed E-state index contributed by atoms with van der Waals surface area (Å²) in [5.41, 5.74) is 5.09. The van der Waals surface area contributed by atoms with Crippen molar-refractivity contribution >= 4 is 21.8 Å². The lowest BCUT2D eigenvalue weighted by Gasteiger charge is -2.23. The topological polar surface area (TPSA) is 118 Å². The Morgan fingerprint density at radius 3 is 2.09 bits per heavy atom. The summed E-state index contributed by atoms with van der Waals surface area (Å²) in [4.78, 5) is 23.2. The molecule has 0 bridgehead atoms. The normalized spacial score (nSPS) is 14.4. The zero-order chi connectivity index (χ0) is 16.9. The zero-order valence-corrected chi connectivity index (χ0v) is 13.6. The molecule has 0 radical (unpaired) electrons. The summed E-state index contributed by atoms with van der Waals surface area (Å²) in [6, 6.07) is 5.86. The molecule has 0 aliphatic heterocycles. The molecule has 0 heterocycles. The van der Waals surface area contributed by atoms with Gasteiger partial charge >= 0.3 is 0 Å². The predicted octanol–water partition coefficient (Wildman–Crippen LogP) is -0.0205. The summed E-state index contributed by atoms with van der Waals surface area (Å²) in [6.45, 7) is 4.84. The van der Waals surface area contributed by atoms with E-state index in [0.717, 1.165) is 0 Å². The second kappa shape index (κ2) is 7.37. The Labute approximate surface area is 130 Å². The van der Waals surface area contributed by atoms with E-state index in [-0.39, 0.29) is 10.8 Å². The smallest absolute Gasteiger partial charge is 0.241 e. The number of nitrogens with one attached hydrogen (secondary N) is 2.